The number of benzene rings is 3. The third kappa shape index (κ3) is 4.79. The van der Waals surface area contributed by atoms with Crippen LogP contribution >= 0.6 is 34.2 Å². The fourth-order valence-electron chi connectivity index (χ4n) is 3.39. The molecule has 0 bridgehead atoms. The van der Waals surface area contributed by atoms with Crippen molar-refractivity contribution in [2.45, 2.75) is 13.8 Å². The van der Waals surface area contributed by atoms with Crippen LogP contribution in [-0.4, -0.2) is 17.8 Å². The molecule has 0 radical (unpaired) electrons. The van der Waals surface area contributed by atoms with Gasteiger partial charge in [0.25, 0.3) is 11.8 Å². The molecule has 3 aromatic carbocycles. The Labute approximate surface area is 209 Å². The zero-order valence-corrected chi connectivity index (χ0v) is 20.6. The summed E-state index contributed by atoms with van der Waals surface area (Å²) in [7, 11) is 0. The van der Waals surface area contributed by atoms with Gasteiger partial charge in [-0.05, 0) is 96.6 Å². The van der Waals surface area contributed by atoms with E-state index in [1.807, 2.05) is 38.1 Å². The molecule has 3 aromatic rings. The van der Waals surface area contributed by atoms with Crippen LogP contribution < -0.4 is 15.0 Å². The molecule has 33 heavy (non-hydrogen) atoms. The molecule has 0 saturated heterocycles. The third-order valence-electron chi connectivity index (χ3n) is 5.03. The van der Waals surface area contributed by atoms with Crippen LogP contribution in [0.1, 0.15) is 21.5 Å². The number of carbonyl (C=O) groups excluding carboxylic acids is 3. The zero-order valence-electron chi connectivity index (χ0n) is 17.7. The van der Waals surface area contributed by atoms with Crippen molar-refractivity contribution in [2.24, 2.45) is 0 Å². The monoisotopic (exact) mass is 572 g/mol. The molecule has 2 amide bonds. The molecule has 6 nitrogen and oxygen atoms in total. The first-order chi connectivity index (χ1) is 15.7. The van der Waals surface area contributed by atoms with Crippen LogP contribution in [0.25, 0.3) is 0 Å². The summed E-state index contributed by atoms with van der Waals surface area (Å²) in [5.74, 6) is -1.19. The van der Waals surface area contributed by atoms with Crippen molar-refractivity contribution in [1.29, 1.82) is 0 Å². The summed E-state index contributed by atoms with van der Waals surface area (Å²) in [6, 6.07) is 18.9. The minimum absolute atomic E-state index is 0.0177. The van der Waals surface area contributed by atoms with Gasteiger partial charge in [-0.3, -0.25) is 9.59 Å². The second-order valence-corrected chi connectivity index (χ2v) is 9.09. The van der Waals surface area contributed by atoms with Crippen LogP contribution in [0.3, 0.4) is 0 Å². The van der Waals surface area contributed by atoms with E-state index in [0.717, 1.165) is 19.6 Å². The maximum Gasteiger partial charge on any atom is 0.343 e. The van der Waals surface area contributed by atoms with Crippen molar-refractivity contribution in [2.75, 3.05) is 10.2 Å². The number of rotatable bonds is 5. The van der Waals surface area contributed by atoms with Gasteiger partial charge in [0.2, 0.25) is 0 Å². The number of imide groups is 1. The summed E-state index contributed by atoms with van der Waals surface area (Å²) in [6.45, 7) is 3.76. The van der Waals surface area contributed by atoms with Gasteiger partial charge in [0, 0.05) is 9.26 Å². The van der Waals surface area contributed by atoms with E-state index < -0.39 is 17.8 Å². The van der Waals surface area contributed by atoms with E-state index in [0.29, 0.717) is 22.7 Å². The molecule has 1 aliphatic heterocycles. The molecule has 1 aliphatic rings. The van der Waals surface area contributed by atoms with Crippen LogP contribution in [0.5, 0.6) is 5.75 Å². The second-order valence-electron chi connectivity index (χ2n) is 7.47. The number of nitrogens with one attached hydrogen (secondary N) is 1. The van der Waals surface area contributed by atoms with Crippen molar-refractivity contribution in [3.63, 3.8) is 0 Å². The number of hydrogen-bond donors (Lipinski definition) is 1. The van der Waals surface area contributed by atoms with Crippen molar-refractivity contribution in [3.8, 4) is 5.75 Å². The summed E-state index contributed by atoms with van der Waals surface area (Å²) in [5, 5.41) is 2.71. The molecule has 166 valence electrons. The van der Waals surface area contributed by atoms with E-state index in [1.165, 1.54) is 0 Å². The van der Waals surface area contributed by atoms with E-state index in [9.17, 15) is 14.4 Å². The largest absolute Gasteiger partial charge is 0.423 e. The van der Waals surface area contributed by atoms with Gasteiger partial charge >= 0.3 is 5.97 Å². The van der Waals surface area contributed by atoms with Crippen molar-refractivity contribution < 1.29 is 19.1 Å². The number of anilines is 2. The summed E-state index contributed by atoms with van der Waals surface area (Å²) in [5.41, 5.74) is 3.12. The standard InChI is InChI=1S/C25H18ClIN2O4/c1-14-3-12-20(15(2)13-14)29-23(30)21(26)22(24(29)31)28-18-8-4-16(5-9-18)25(32)33-19-10-6-17(27)7-11-19/h3-13,28H,1-2H3. The SMILES string of the molecule is Cc1ccc(N2C(=O)C(Cl)=C(Nc3ccc(C(=O)Oc4ccc(I)cc4)cc3)C2=O)c(C)c1. The predicted octanol–water partition coefficient (Wildman–Crippen LogP) is 5.56. The molecule has 8 heteroatoms. The molecule has 1 N–H and O–H groups in total. The smallest absolute Gasteiger partial charge is 0.343 e. The number of hydrogen-bond acceptors (Lipinski definition) is 5. The molecular formula is C25H18ClIN2O4. The normalized spacial score (nSPS) is 13.5. The number of aryl methyl sites for hydroxylation is 2. The summed E-state index contributed by atoms with van der Waals surface area (Å²) in [6.07, 6.45) is 0. The summed E-state index contributed by atoms with van der Waals surface area (Å²) < 4.78 is 6.40. The van der Waals surface area contributed by atoms with Gasteiger partial charge < -0.3 is 10.1 Å². The van der Waals surface area contributed by atoms with Crippen molar-refractivity contribution in [1.82, 2.24) is 0 Å². The van der Waals surface area contributed by atoms with Gasteiger partial charge in [0.1, 0.15) is 16.5 Å². The average Bonchev–Trinajstić information content (AvgIpc) is 2.99. The van der Waals surface area contributed by atoms with E-state index in [2.05, 4.69) is 27.9 Å². The number of ether oxygens (including phenoxy) is 1. The number of carbonyl (C=O) groups is 3. The van der Waals surface area contributed by atoms with Gasteiger partial charge in [0.15, 0.2) is 0 Å². The van der Waals surface area contributed by atoms with E-state index in [4.69, 9.17) is 16.3 Å². The number of nitrogens with zero attached hydrogens (tertiary/aromatic N) is 1. The molecule has 0 aliphatic carbocycles. The Balaban J connectivity index is 1.49. The lowest BCUT2D eigenvalue weighted by Gasteiger charge is -2.18. The van der Waals surface area contributed by atoms with Crippen LogP contribution in [0, 0.1) is 17.4 Å². The van der Waals surface area contributed by atoms with Crippen molar-refractivity contribution >= 4 is 63.4 Å². The fraction of sp³-hybridized carbons (Fsp3) is 0.0800. The Bertz CT molecular complexity index is 1300. The van der Waals surface area contributed by atoms with Gasteiger partial charge in [0.05, 0.1) is 11.3 Å². The first-order valence-corrected chi connectivity index (χ1v) is 11.4. The Kier molecular flexibility index (Phi) is 6.53. The minimum atomic E-state index is -0.589. The fourth-order valence-corrected chi connectivity index (χ4v) is 3.96. The van der Waals surface area contributed by atoms with E-state index in [1.54, 1.807) is 42.5 Å². The highest BCUT2D eigenvalue weighted by molar-refractivity contribution is 14.1. The maximum absolute atomic E-state index is 13.0. The van der Waals surface area contributed by atoms with Crippen LogP contribution in [0.15, 0.2) is 77.5 Å². The lowest BCUT2D eigenvalue weighted by molar-refractivity contribution is -0.120. The van der Waals surface area contributed by atoms with E-state index in [-0.39, 0.29) is 10.7 Å². The number of halogens is 2. The van der Waals surface area contributed by atoms with Crippen molar-refractivity contribution in [3.05, 3.63) is 97.7 Å². The van der Waals surface area contributed by atoms with Crippen LogP contribution in [-0.2, 0) is 9.59 Å². The van der Waals surface area contributed by atoms with Gasteiger partial charge in [-0.2, -0.15) is 0 Å². The molecule has 0 atom stereocenters. The number of esters is 1. The highest BCUT2D eigenvalue weighted by Gasteiger charge is 2.39. The molecule has 0 spiro atoms. The first-order valence-electron chi connectivity index (χ1n) is 9.95. The highest BCUT2D eigenvalue weighted by atomic mass is 127. The molecule has 0 aromatic heterocycles. The Morgan fingerprint density at radius 1 is 0.939 bits per heavy atom. The number of amides is 2. The predicted molar refractivity (Wildman–Crippen MR) is 135 cm³/mol. The lowest BCUT2D eigenvalue weighted by Crippen LogP contribution is -2.32. The highest BCUT2D eigenvalue weighted by Crippen LogP contribution is 2.32. The zero-order chi connectivity index (χ0) is 23.7. The quantitative estimate of drug-likeness (QED) is 0.187. The molecule has 4 rings (SSSR count). The van der Waals surface area contributed by atoms with Crippen LogP contribution in [0.2, 0.25) is 0 Å². The Hall–Kier alpha value is -3.17. The van der Waals surface area contributed by atoms with Crippen LogP contribution in [0.4, 0.5) is 11.4 Å². The first kappa shape index (κ1) is 23.0. The second kappa shape index (κ2) is 9.36. The van der Waals surface area contributed by atoms with Gasteiger partial charge in [-0.15, -0.1) is 0 Å². The van der Waals surface area contributed by atoms with E-state index >= 15 is 0 Å². The topological polar surface area (TPSA) is 75.7 Å². The third-order valence-corrected chi connectivity index (χ3v) is 6.10. The summed E-state index contributed by atoms with van der Waals surface area (Å²) >= 11 is 8.38. The molecule has 1 heterocycles. The Morgan fingerprint density at radius 3 is 2.24 bits per heavy atom. The molecular weight excluding hydrogens is 555 g/mol. The lowest BCUT2D eigenvalue weighted by atomic mass is 10.1. The molecule has 0 fully saturated rings. The summed E-state index contributed by atoms with van der Waals surface area (Å²) in [4.78, 5) is 39.1. The van der Waals surface area contributed by atoms with Gasteiger partial charge in [-0.1, -0.05) is 29.3 Å². The van der Waals surface area contributed by atoms with Gasteiger partial charge in [-0.25, -0.2) is 9.69 Å². The minimum Gasteiger partial charge on any atom is -0.423 e. The maximum atomic E-state index is 13.0. The Morgan fingerprint density at radius 2 is 1.61 bits per heavy atom. The molecule has 0 unspecified atom stereocenters. The average molecular weight is 573 g/mol. The molecule has 0 saturated carbocycles.